The minimum atomic E-state index is -1.27. The van der Waals surface area contributed by atoms with Crippen LogP contribution in [0.25, 0.3) is 0 Å². The molecule has 1 spiro atoms. The summed E-state index contributed by atoms with van der Waals surface area (Å²) in [6.07, 6.45) is 7.44. The monoisotopic (exact) mass is 493 g/mol. The number of carbonyl (C=O) groups excluding carboxylic acids is 3. The third kappa shape index (κ3) is 3.87. The second kappa shape index (κ2) is 9.48. The van der Waals surface area contributed by atoms with Crippen LogP contribution in [0.3, 0.4) is 0 Å². The van der Waals surface area contributed by atoms with Crippen LogP contribution in [-0.2, 0) is 25.7 Å². The molecule has 36 heavy (non-hydrogen) atoms. The highest BCUT2D eigenvalue weighted by Gasteiger charge is 2.72. The molecule has 0 saturated carbocycles. The number of hydrogen-bond donors (Lipinski definition) is 1. The molecule has 4 heterocycles. The maximum absolute atomic E-state index is 14.3. The molecule has 8 nitrogen and oxygen atoms in total. The van der Waals surface area contributed by atoms with Gasteiger partial charge in [-0.2, -0.15) is 0 Å². The standard InChI is InChI=1S/C28H35N3O5/c1-18(2)15-20(17-32)31-24-27(35)30(16-19-9-5-4-6-10-19)14-8-12-28(24)23(26(31)34)22-21(36-28)11-7-13-29(3)25(22)33/h4-12,18,20-24,32H,13-17H2,1-3H3/t20-,21+,22-,23+,24?,28+/m1/s1. The van der Waals surface area contributed by atoms with Crippen LogP contribution in [0.5, 0.6) is 0 Å². The second-order valence-electron chi connectivity index (χ2n) is 10.8. The predicted molar refractivity (Wildman–Crippen MR) is 133 cm³/mol. The lowest BCUT2D eigenvalue weighted by molar-refractivity contribution is -0.151. The third-order valence-corrected chi connectivity index (χ3v) is 7.95. The maximum atomic E-state index is 14.3. The van der Waals surface area contributed by atoms with Crippen molar-refractivity contribution in [2.45, 2.75) is 50.6 Å². The topological polar surface area (TPSA) is 90.4 Å². The first-order valence-electron chi connectivity index (χ1n) is 12.8. The van der Waals surface area contributed by atoms with Gasteiger partial charge in [0.2, 0.25) is 17.7 Å². The molecular weight excluding hydrogens is 458 g/mol. The predicted octanol–water partition coefficient (Wildman–Crippen LogP) is 1.60. The Balaban J connectivity index is 1.60. The molecule has 0 aromatic heterocycles. The summed E-state index contributed by atoms with van der Waals surface area (Å²) in [6, 6.07) is 8.24. The van der Waals surface area contributed by atoms with E-state index in [0.717, 1.165) is 5.56 Å². The van der Waals surface area contributed by atoms with Gasteiger partial charge in [-0.05, 0) is 17.9 Å². The lowest BCUT2D eigenvalue weighted by atomic mass is 9.77. The smallest absolute Gasteiger partial charge is 0.249 e. The lowest BCUT2D eigenvalue weighted by Gasteiger charge is -2.39. The number of fused-ring (bicyclic) bond motifs is 2. The lowest BCUT2D eigenvalue weighted by Crippen LogP contribution is -2.58. The zero-order valence-corrected chi connectivity index (χ0v) is 21.1. The number of aliphatic hydroxyl groups is 1. The van der Waals surface area contributed by atoms with Crippen molar-refractivity contribution >= 4 is 17.7 Å². The SMILES string of the molecule is CC(C)C[C@H](CO)N1C(=O)[C@@H]2[C@@H]3C(=O)N(C)CC=C[C@@H]3O[C@@]23C=CCN(Cc2ccccc2)C(=O)C13. The molecule has 5 rings (SSSR count). The van der Waals surface area contributed by atoms with Crippen LogP contribution >= 0.6 is 0 Å². The molecule has 0 aliphatic carbocycles. The highest BCUT2D eigenvalue weighted by atomic mass is 16.5. The number of likely N-dealkylation sites (N-methyl/N-ethyl adjacent to an activating group) is 1. The molecule has 2 fully saturated rings. The Bertz CT molecular complexity index is 1090. The van der Waals surface area contributed by atoms with Gasteiger partial charge in [0.05, 0.1) is 30.6 Å². The molecular formula is C28H35N3O5. The number of hydrogen-bond acceptors (Lipinski definition) is 5. The van der Waals surface area contributed by atoms with E-state index in [9.17, 15) is 19.5 Å². The number of rotatable bonds is 6. The van der Waals surface area contributed by atoms with Gasteiger partial charge in [-0.3, -0.25) is 14.4 Å². The van der Waals surface area contributed by atoms with Crippen molar-refractivity contribution in [3.8, 4) is 0 Å². The van der Waals surface area contributed by atoms with E-state index in [1.54, 1.807) is 21.7 Å². The molecule has 0 radical (unpaired) electrons. The third-order valence-electron chi connectivity index (χ3n) is 7.95. The summed E-state index contributed by atoms with van der Waals surface area (Å²) in [7, 11) is 1.72. The fourth-order valence-corrected chi connectivity index (χ4v) is 6.41. The van der Waals surface area contributed by atoms with Gasteiger partial charge >= 0.3 is 0 Å². The van der Waals surface area contributed by atoms with E-state index in [-0.39, 0.29) is 30.2 Å². The van der Waals surface area contributed by atoms with Gasteiger partial charge in [0.25, 0.3) is 0 Å². The maximum Gasteiger partial charge on any atom is 0.249 e. The van der Waals surface area contributed by atoms with E-state index in [4.69, 9.17) is 4.74 Å². The van der Waals surface area contributed by atoms with E-state index in [1.807, 2.05) is 68.5 Å². The van der Waals surface area contributed by atoms with Crippen molar-refractivity contribution in [1.82, 2.24) is 14.7 Å². The fourth-order valence-electron chi connectivity index (χ4n) is 6.41. The molecule has 1 N–H and O–H groups in total. The van der Waals surface area contributed by atoms with Crippen LogP contribution in [0.2, 0.25) is 0 Å². The number of carbonyl (C=O) groups is 3. The quantitative estimate of drug-likeness (QED) is 0.608. The van der Waals surface area contributed by atoms with Gasteiger partial charge in [0, 0.05) is 26.7 Å². The summed E-state index contributed by atoms with van der Waals surface area (Å²) in [4.78, 5) is 46.8. The van der Waals surface area contributed by atoms with Gasteiger partial charge in [-0.1, -0.05) is 68.5 Å². The molecule has 0 bridgehead atoms. The number of benzene rings is 1. The minimum Gasteiger partial charge on any atom is -0.394 e. The zero-order valence-electron chi connectivity index (χ0n) is 21.1. The van der Waals surface area contributed by atoms with Crippen LogP contribution in [0.15, 0.2) is 54.6 Å². The van der Waals surface area contributed by atoms with Crippen LogP contribution < -0.4 is 0 Å². The second-order valence-corrected chi connectivity index (χ2v) is 10.8. The number of nitrogens with zero attached hydrogens (tertiary/aromatic N) is 3. The summed E-state index contributed by atoms with van der Waals surface area (Å²) < 4.78 is 6.62. The summed E-state index contributed by atoms with van der Waals surface area (Å²) in [5.41, 5.74) is -0.280. The summed E-state index contributed by atoms with van der Waals surface area (Å²) in [5.74, 6) is -2.01. The molecule has 4 aliphatic heterocycles. The number of amides is 3. The van der Waals surface area contributed by atoms with E-state index in [0.29, 0.717) is 26.1 Å². The number of likely N-dealkylation sites (tertiary alicyclic amines) is 1. The van der Waals surface area contributed by atoms with Crippen LogP contribution in [-0.4, -0.2) is 88.1 Å². The van der Waals surface area contributed by atoms with Gasteiger partial charge in [-0.25, -0.2) is 0 Å². The van der Waals surface area contributed by atoms with E-state index in [2.05, 4.69) is 0 Å². The molecule has 1 aromatic carbocycles. The van der Waals surface area contributed by atoms with Crippen LogP contribution in [0.4, 0.5) is 0 Å². The Labute approximate surface area is 212 Å². The molecule has 2 saturated heterocycles. The van der Waals surface area contributed by atoms with Crippen molar-refractivity contribution in [3.63, 3.8) is 0 Å². The van der Waals surface area contributed by atoms with Crippen molar-refractivity contribution in [1.29, 1.82) is 0 Å². The normalized spacial score (nSPS) is 32.5. The summed E-state index contributed by atoms with van der Waals surface area (Å²) >= 11 is 0. The first kappa shape index (κ1) is 24.7. The van der Waals surface area contributed by atoms with Crippen LogP contribution in [0, 0.1) is 17.8 Å². The number of ether oxygens (including phenoxy) is 1. The van der Waals surface area contributed by atoms with Gasteiger partial charge in [0.15, 0.2) is 0 Å². The molecule has 1 unspecified atom stereocenters. The van der Waals surface area contributed by atoms with Crippen LogP contribution in [0.1, 0.15) is 25.8 Å². The van der Waals surface area contributed by atoms with Crippen molar-refractivity contribution in [3.05, 3.63) is 60.2 Å². The minimum absolute atomic E-state index is 0.156. The Morgan fingerprint density at radius 2 is 1.81 bits per heavy atom. The summed E-state index contributed by atoms with van der Waals surface area (Å²) in [6.45, 7) is 5.00. The average Bonchev–Trinajstić information content (AvgIpc) is 3.19. The van der Waals surface area contributed by atoms with Crippen molar-refractivity contribution in [2.75, 3.05) is 26.7 Å². The fraction of sp³-hybridized carbons (Fsp3) is 0.536. The Hall–Kier alpha value is -2.97. The number of aliphatic hydroxyl groups excluding tert-OH is 1. The highest BCUT2D eigenvalue weighted by Crippen LogP contribution is 2.54. The Kier molecular flexibility index (Phi) is 6.51. The van der Waals surface area contributed by atoms with Crippen molar-refractivity contribution in [2.24, 2.45) is 17.8 Å². The molecule has 4 aliphatic rings. The van der Waals surface area contributed by atoms with Gasteiger partial charge in [0.1, 0.15) is 11.6 Å². The molecule has 6 atom stereocenters. The van der Waals surface area contributed by atoms with Gasteiger partial charge in [-0.15, -0.1) is 0 Å². The van der Waals surface area contributed by atoms with E-state index >= 15 is 0 Å². The Morgan fingerprint density at radius 1 is 1.06 bits per heavy atom. The molecule has 3 amide bonds. The zero-order chi connectivity index (χ0) is 25.6. The Morgan fingerprint density at radius 3 is 2.50 bits per heavy atom. The molecule has 1 aromatic rings. The summed E-state index contributed by atoms with van der Waals surface area (Å²) in [5, 5.41) is 10.4. The van der Waals surface area contributed by atoms with E-state index in [1.165, 1.54) is 0 Å². The highest BCUT2D eigenvalue weighted by molar-refractivity contribution is 6.00. The first-order valence-corrected chi connectivity index (χ1v) is 12.8. The van der Waals surface area contributed by atoms with Crippen molar-refractivity contribution < 1.29 is 24.2 Å². The largest absolute Gasteiger partial charge is 0.394 e. The average molecular weight is 494 g/mol. The molecule has 8 heteroatoms. The molecule has 192 valence electrons. The van der Waals surface area contributed by atoms with E-state index < -0.39 is 35.6 Å². The first-order chi connectivity index (χ1) is 17.3. The van der Waals surface area contributed by atoms with Gasteiger partial charge < -0.3 is 24.5 Å².